The first-order valence-corrected chi connectivity index (χ1v) is 7.73. The van der Waals surface area contributed by atoms with Crippen LogP contribution in [-0.4, -0.2) is 23.9 Å². The summed E-state index contributed by atoms with van der Waals surface area (Å²) in [6, 6.07) is 3.17. The minimum absolute atomic E-state index is 0.0512. The van der Waals surface area contributed by atoms with Gasteiger partial charge in [0, 0.05) is 18.7 Å². The number of halogens is 2. The molecule has 0 radical (unpaired) electrons. The molecule has 0 saturated carbocycles. The van der Waals surface area contributed by atoms with E-state index in [-0.39, 0.29) is 5.91 Å². The van der Waals surface area contributed by atoms with Crippen molar-refractivity contribution in [1.82, 2.24) is 4.90 Å². The highest BCUT2D eigenvalue weighted by Crippen LogP contribution is 2.30. The van der Waals surface area contributed by atoms with Crippen molar-refractivity contribution in [2.45, 2.75) is 33.6 Å². The molecule has 0 aliphatic carbocycles. The normalized spacial score (nSPS) is 10.9. The second-order valence-corrected chi connectivity index (χ2v) is 5.67. The number of hydrogen-bond acceptors (Lipinski definition) is 2. The zero-order valence-electron chi connectivity index (χ0n) is 12.2. The molecule has 3 nitrogen and oxygen atoms in total. The van der Waals surface area contributed by atoms with E-state index < -0.39 is 0 Å². The molecule has 2 N–H and O–H groups in total. The van der Waals surface area contributed by atoms with Gasteiger partial charge in [0.05, 0.1) is 15.7 Å². The molecule has 1 aromatic carbocycles. The van der Waals surface area contributed by atoms with Crippen molar-refractivity contribution >= 4 is 34.8 Å². The summed E-state index contributed by atoms with van der Waals surface area (Å²) in [5, 5.41) is 0.611. The lowest BCUT2D eigenvalue weighted by Gasteiger charge is -2.25. The summed E-state index contributed by atoms with van der Waals surface area (Å²) in [6.45, 7) is 7.67. The summed E-state index contributed by atoms with van der Waals surface area (Å²) < 4.78 is 0. The molecule has 1 amide bonds. The maximum atomic E-state index is 12.5. The van der Waals surface area contributed by atoms with E-state index in [1.54, 1.807) is 12.1 Å². The van der Waals surface area contributed by atoms with Crippen LogP contribution in [0.5, 0.6) is 0 Å². The first-order valence-electron chi connectivity index (χ1n) is 6.98. The quantitative estimate of drug-likeness (QED) is 0.787. The van der Waals surface area contributed by atoms with Gasteiger partial charge in [-0.05, 0) is 25.0 Å². The summed E-state index contributed by atoms with van der Waals surface area (Å²) in [7, 11) is 0. The van der Waals surface area contributed by atoms with Crippen LogP contribution in [0.15, 0.2) is 12.1 Å². The number of carbonyl (C=O) groups excluding carboxylic acids is 1. The SMILES string of the molecule is CCC(CC)CN(CC)C(=O)c1cc(N)c(Cl)c(Cl)c1. The second kappa shape index (κ2) is 7.75. The van der Waals surface area contributed by atoms with Crippen LogP contribution in [0, 0.1) is 5.92 Å². The molecule has 5 heteroatoms. The molecule has 0 aliphatic rings. The predicted octanol–water partition coefficient (Wildman–Crippen LogP) is 4.47. The standard InChI is InChI=1S/C15H22Cl2N2O/c1-4-10(5-2)9-19(6-3)15(20)11-7-12(16)14(17)13(18)8-11/h7-8,10H,4-6,9,18H2,1-3H3. The molecule has 20 heavy (non-hydrogen) atoms. The zero-order valence-corrected chi connectivity index (χ0v) is 13.8. The van der Waals surface area contributed by atoms with Gasteiger partial charge in [-0.2, -0.15) is 0 Å². The lowest BCUT2D eigenvalue weighted by atomic mass is 10.0. The van der Waals surface area contributed by atoms with Crippen LogP contribution in [0.1, 0.15) is 44.0 Å². The number of carbonyl (C=O) groups is 1. The van der Waals surface area contributed by atoms with Crippen molar-refractivity contribution in [3.8, 4) is 0 Å². The minimum atomic E-state index is -0.0512. The van der Waals surface area contributed by atoms with Crippen LogP contribution in [0.3, 0.4) is 0 Å². The molecule has 0 aromatic heterocycles. The number of nitrogen functional groups attached to an aromatic ring is 1. The number of rotatable bonds is 6. The molecule has 0 bridgehead atoms. The molecular formula is C15H22Cl2N2O. The van der Waals surface area contributed by atoms with Crippen molar-refractivity contribution in [2.75, 3.05) is 18.8 Å². The summed E-state index contributed by atoms with van der Waals surface area (Å²) >= 11 is 11.9. The second-order valence-electron chi connectivity index (χ2n) is 4.89. The van der Waals surface area contributed by atoms with Gasteiger partial charge in [0.1, 0.15) is 0 Å². The van der Waals surface area contributed by atoms with Gasteiger partial charge < -0.3 is 10.6 Å². The van der Waals surface area contributed by atoms with Crippen molar-refractivity contribution in [3.63, 3.8) is 0 Å². The Morgan fingerprint density at radius 1 is 1.25 bits per heavy atom. The number of amides is 1. The Morgan fingerprint density at radius 2 is 1.85 bits per heavy atom. The number of anilines is 1. The molecule has 0 heterocycles. The smallest absolute Gasteiger partial charge is 0.253 e. The molecule has 0 atom stereocenters. The van der Waals surface area contributed by atoms with Gasteiger partial charge in [-0.3, -0.25) is 4.79 Å². The fourth-order valence-electron chi connectivity index (χ4n) is 2.13. The minimum Gasteiger partial charge on any atom is -0.397 e. The van der Waals surface area contributed by atoms with Crippen LogP contribution < -0.4 is 5.73 Å². The van der Waals surface area contributed by atoms with Crippen molar-refractivity contribution in [3.05, 3.63) is 27.7 Å². The Balaban J connectivity index is 2.96. The molecule has 1 rings (SSSR count). The summed E-state index contributed by atoms with van der Waals surface area (Å²) in [4.78, 5) is 14.4. The number of benzene rings is 1. The van der Waals surface area contributed by atoms with E-state index >= 15 is 0 Å². The number of nitrogens with two attached hydrogens (primary N) is 1. The van der Waals surface area contributed by atoms with E-state index in [9.17, 15) is 4.79 Å². The zero-order chi connectivity index (χ0) is 15.3. The van der Waals surface area contributed by atoms with Crippen molar-refractivity contribution in [2.24, 2.45) is 5.92 Å². The lowest BCUT2D eigenvalue weighted by molar-refractivity contribution is 0.0735. The van der Waals surface area contributed by atoms with Gasteiger partial charge in [0.25, 0.3) is 5.91 Å². The largest absolute Gasteiger partial charge is 0.397 e. The highest BCUT2D eigenvalue weighted by Gasteiger charge is 2.19. The van der Waals surface area contributed by atoms with Gasteiger partial charge in [-0.25, -0.2) is 0 Å². The third-order valence-corrected chi connectivity index (χ3v) is 4.42. The van der Waals surface area contributed by atoms with E-state index in [0.29, 0.717) is 33.8 Å². The average Bonchev–Trinajstić information content (AvgIpc) is 2.45. The molecule has 0 fully saturated rings. The Hall–Kier alpha value is -0.930. The van der Waals surface area contributed by atoms with Crippen LogP contribution in [0.2, 0.25) is 10.0 Å². The topological polar surface area (TPSA) is 46.3 Å². The third kappa shape index (κ3) is 4.03. The van der Waals surface area contributed by atoms with E-state index in [2.05, 4.69) is 13.8 Å². The monoisotopic (exact) mass is 316 g/mol. The number of nitrogens with zero attached hydrogens (tertiary/aromatic N) is 1. The average molecular weight is 317 g/mol. The predicted molar refractivity (Wildman–Crippen MR) is 86.5 cm³/mol. The molecule has 0 spiro atoms. The Kier molecular flexibility index (Phi) is 6.63. The molecule has 1 aromatic rings. The summed E-state index contributed by atoms with van der Waals surface area (Å²) in [5.74, 6) is 0.462. The maximum absolute atomic E-state index is 12.5. The Labute approximate surface area is 131 Å². The van der Waals surface area contributed by atoms with E-state index in [0.717, 1.165) is 19.4 Å². The summed E-state index contributed by atoms with van der Waals surface area (Å²) in [6.07, 6.45) is 2.12. The maximum Gasteiger partial charge on any atom is 0.253 e. The molecule has 0 unspecified atom stereocenters. The van der Waals surface area contributed by atoms with Gasteiger partial charge in [0.2, 0.25) is 0 Å². The van der Waals surface area contributed by atoms with Crippen LogP contribution >= 0.6 is 23.2 Å². The van der Waals surface area contributed by atoms with Crippen LogP contribution in [0.4, 0.5) is 5.69 Å². The van der Waals surface area contributed by atoms with E-state index in [4.69, 9.17) is 28.9 Å². The third-order valence-electron chi connectivity index (χ3n) is 3.61. The molecule has 112 valence electrons. The molecule has 0 saturated heterocycles. The highest BCUT2D eigenvalue weighted by atomic mass is 35.5. The first kappa shape index (κ1) is 17.1. The highest BCUT2D eigenvalue weighted by molar-refractivity contribution is 6.43. The lowest BCUT2D eigenvalue weighted by Crippen LogP contribution is -2.35. The number of hydrogen-bond donors (Lipinski definition) is 1. The first-order chi connectivity index (χ1) is 9.44. The van der Waals surface area contributed by atoms with Crippen molar-refractivity contribution in [1.29, 1.82) is 0 Å². The van der Waals surface area contributed by atoms with Gasteiger partial charge >= 0.3 is 0 Å². The Bertz CT molecular complexity index is 450. The summed E-state index contributed by atoms with van der Waals surface area (Å²) in [5.41, 5.74) is 6.59. The van der Waals surface area contributed by atoms with Gasteiger partial charge in [-0.15, -0.1) is 0 Å². The molecular weight excluding hydrogens is 295 g/mol. The van der Waals surface area contributed by atoms with Gasteiger partial charge in [-0.1, -0.05) is 49.9 Å². The fraction of sp³-hybridized carbons (Fsp3) is 0.533. The van der Waals surface area contributed by atoms with Crippen molar-refractivity contribution < 1.29 is 4.79 Å². The van der Waals surface area contributed by atoms with Crippen LogP contribution in [-0.2, 0) is 0 Å². The van der Waals surface area contributed by atoms with E-state index in [1.807, 2.05) is 11.8 Å². The van der Waals surface area contributed by atoms with E-state index in [1.165, 1.54) is 0 Å². The Morgan fingerprint density at radius 3 is 2.30 bits per heavy atom. The molecule has 0 aliphatic heterocycles. The van der Waals surface area contributed by atoms with Gasteiger partial charge in [0.15, 0.2) is 0 Å². The fourth-order valence-corrected chi connectivity index (χ4v) is 2.47. The van der Waals surface area contributed by atoms with Crippen LogP contribution in [0.25, 0.3) is 0 Å².